The van der Waals surface area contributed by atoms with Gasteiger partial charge < -0.3 is 15.4 Å². The molecule has 1 aliphatic rings. The number of nitrogens with two attached hydrogens (primary N) is 1. The van der Waals surface area contributed by atoms with Crippen molar-refractivity contribution in [1.29, 1.82) is 0 Å². The molecule has 2 unspecified atom stereocenters. The van der Waals surface area contributed by atoms with Crippen LogP contribution in [0.1, 0.15) is 36.5 Å². The lowest BCUT2D eigenvalue weighted by atomic mass is 9.96. The molecule has 7 nitrogen and oxygen atoms in total. The molecular formula is C15H22ClN3O4. The third kappa shape index (κ3) is 4.11. The number of likely N-dealkylation sites (tertiary alicyclic amines) is 1. The van der Waals surface area contributed by atoms with Crippen LogP contribution in [-0.4, -0.2) is 41.5 Å². The summed E-state index contributed by atoms with van der Waals surface area (Å²) in [6.07, 6.45) is 2.88. The number of carbonyl (C=O) groups is 1. The van der Waals surface area contributed by atoms with E-state index in [1.165, 1.54) is 25.3 Å². The lowest BCUT2D eigenvalue weighted by Gasteiger charge is -2.38. The Kier molecular flexibility index (Phi) is 6.78. The summed E-state index contributed by atoms with van der Waals surface area (Å²) in [5.74, 6) is -0.0691. The van der Waals surface area contributed by atoms with Crippen LogP contribution in [0, 0.1) is 10.1 Å². The molecule has 0 aromatic heterocycles. The van der Waals surface area contributed by atoms with Crippen LogP contribution in [0.2, 0.25) is 0 Å². The maximum absolute atomic E-state index is 12.7. The normalized spacial score (nSPS) is 18.7. The number of amides is 1. The molecule has 1 amide bonds. The molecule has 1 fully saturated rings. The number of hydrogen-bond acceptors (Lipinski definition) is 5. The number of ether oxygens (including phenoxy) is 1. The summed E-state index contributed by atoms with van der Waals surface area (Å²) < 4.78 is 5.02. The van der Waals surface area contributed by atoms with Gasteiger partial charge in [0.05, 0.1) is 12.0 Å². The van der Waals surface area contributed by atoms with Gasteiger partial charge in [0.2, 0.25) is 0 Å². The zero-order chi connectivity index (χ0) is 16.3. The quantitative estimate of drug-likeness (QED) is 0.668. The fraction of sp³-hybridized carbons (Fsp3) is 0.533. The Morgan fingerprint density at radius 3 is 2.74 bits per heavy atom. The SMILES string of the molecule is COc1cc(C(=O)N2CCCCC2C(C)N)ccc1[N+](=O)[O-].Cl. The van der Waals surface area contributed by atoms with E-state index in [1.54, 1.807) is 4.90 Å². The molecule has 0 spiro atoms. The first kappa shape index (κ1) is 19.2. The second kappa shape index (κ2) is 8.12. The summed E-state index contributed by atoms with van der Waals surface area (Å²) in [6, 6.07) is 4.09. The predicted molar refractivity (Wildman–Crippen MR) is 89.2 cm³/mol. The Labute approximate surface area is 141 Å². The number of nitrogens with zero attached hydrogens (tertiary/aromatic N) is 2. The summed E-state index contributed by atoms with van der Waals surface area (Å²) in [6.45, 7) is 2.55. The van der Waals surface area contributed by atoms with E-state index in [0.29, 0.717) is 12.1 Å². The van der Waals surface area contributed by atoms with Crippen LogP contribution in [0.25, 0.3) is 0 Å². The minimum Gasteiger partial charge on any atom is -0.490 e. The van der Waals surface area contributed by atoms with Crippen molar-refractivity contribution in [3.8, 4) is 5.75 Å². The van der Waals surface area contributed by atoms with Gasteiger partial charge in [-0.2, -0.15) is 0 Å². The van der Waals surface area contributed by atoms with Crippen LogP contribution >= 0.6 is 12.4 Å². The standard InChI is InChI=1S/C15H21N3O4.ClH/c1-10(16)12-5-3-4-8-17(12)15(19)11-6-7-13(18(20)21)14(9-11)22-2;/h6-7,9-10,12H,3-5,8,16H2,1-2H3;1H. The molecule has 0 radical (unpaired) electrons. The van der Waals surface area contributed by atoms with E-state index in [9.17, 15) is 14.9 Å². The topological polar surface area (TPSA) is 98.7 Å². The number of nitro groups is 1. The minimum atomic E-state index is -0.529. The summed E-state index contributed by atoms with van der Waals surface area (Å²) in [5.41, 5.74) is 6.22. The molecular weight excluding hydrogens is 322 g/mol. The molecule has 2 rings (SSSR count). The minimum absolute atomic E-state index is 0. The molecule has 2 N–H and O–H groups in total. The van der Waals surface area contributed by atoms with Crippen molar-refractivity contribution < 1.29 is 14.5 Å². The van der Waals surface area contributed by atoms with Gasteiger partial charge >= 0.3 is 5.69 Å². The Hall–Kier alpha value is -1.86. The molecule has 1 saturated heterocycles. The zero-order valence-electron chi connectivity index (χ0n) is 13.2. The third-order valence-corrected chi connectivity index (χ3v) is 4.04. The fourth-order valence-electron chi connectivity index (χ4n) is 2.88. The Morgan fingerprint density at radius 2 is 2.17 bits per heavy atom. The molecule has 23 heavy (non-hydrogen) atoms. The van der Waals surface area contributed by atoms with Gasteiger partial charge in [0.1, 0.15) is 0 Å². The van der Waals surface area contributed by atoms with E-state index in [1.807, 2.05) is 6.92 Å². The van der Waals surface area contributed by atoms with Gasteiger partial charge in [-0.15, -0.1) is 12.4 Å². The Balaban J connectivity index is 0.00000264. The van der Waals surface area contributed by atoms with Gasteiger partial charge in [-0.1, -0.05) is 0 Å². The number of nitro benzene ring substituents is 1. The molecule has 0 saturated carbocycles. The highest BCUT2D eigenvalue weighted by molar-refractivity contribution is 5.95. The van der Waals surface area contributed by atoms with Crippen molar-refractivity contribution in [3.63, 3.8) is 0 Å². The van der Waals surface area contributed by atoms with E-state index < -0.39 is 4.92 Å². The molecule has 1 aliphatic heterocycles. The number of hydrogen-bond donors (Lipinski definition) is 1. The van der Waals surface area contributed by atoms with Gasteiger partial charge in [0.25, 0.3) is 5.91 Å². The number of methoxy groups -OCH3 is 1. The summed E-state index contributed by atoms with van der Waals surface area (Å²) in [7, 11) is 1.35. The molecule has 1 aromatic carbocycles. The smallest absolute Gasteiger partial charge is 0.310 e. The highest BCUT2D eigenvalue weighted by Gasteiger charge is 2.30. The average molecular weight is 344 g/mol. The van der Waals surface area contributed by atoms with E-state index in [-0.39, 0.29) is 41.8 Å². The molecule has 2 atom stereocenters. The van der Waals surface area contributed by atoms with E-state index in [4.69, 9.17) is 10.5 Å². The van der Waals surface area contributed by atoms with Crippen molar-refractivity contribution >= 4 is 24.0 Å². The van der Waals surface area contributed by atoms with Crippen molar-refractivity contribution in [2.24, 2.45) is 5.73 Å². The maximum atomic E-state index is 12.7. The van der Waals surface area contributed by atoms with E-state index in [0.717, 1.165) is 19.3 Å². The van der Waals surface area contributed by atoms with Crippen LogP contribution in [-0.2, 0) is 0 Å². The third-order valence-electron chi connectivity index (χ3n) is 4.04. The highest BCUT2D eigenvalue weighted by Crippen LogP contribution is 2.29. The molecule has 0 bridgehead atoms. The van der Waals surface area contributed by atoms with Gasteiger partial charge in [-0.3, -0.25) is 14.9 Å². The number of piperidine rings is 1. The first-order valence-electron chi connectivity index (χ1n) is 7.34. The molecule has 0 aliphatic carbocycles. The molecule has 1 heterocycles. The van der Waals surface area contributed by atoms with Crippen LogP contribution in [0.15, 0.2) is 18.2 Å². The van der Waals surface area contributed by atoms with E-state index >= 15 is 0 Å². The zero-order valence-corrected chi connectivity index (χ0v) is 14.0. The van der Waals surface area contributed by atoms with Gasteiger partial charge in [0, 0.05) is 36.3 Å². The second-order valence-electron chi connectivity index (χ2n) is 5.56. The lowest BCUT2D eigenvalue weighted by Crippen LogP contribution is -2.51. The first-order chi connectivity index (χ1) is 10.5. The van der Waals surface area contributed by atoms with Crippen LogP contribution < -0.4 is 10.5 Å². The van der Waals surface area contributed by atoms with Crippen LogP contribution in [0.4, 0.5) is 5.69 Å². The van der Waals surface area contributed by atoms with Crippen molar-refractivity contribution in [2.75, 3.05) is 13.7 Å². The Bertz CT molecular complexity index is 580. The number of carbonyl (C=O) groups excluding carboxylic acids is 1. The average Bonchev–Trinajstić information content (AvgIpc) is 2.53. The van der Waals surface area contributed by atoms with Crippen molar-refractivity contribution in [1.82, 2.24) is 4.90 Å². The summed E-state index contributed by atoms with van der Waals surface area (Å²) in [5, 5.41) is 10.9. The van der Waals surface area contributed by atoms with Crippen LogP contribution in [0.3, 0.4) is 0 Å². The monoisotopic (exact) mass is 343 g/mol. The van der Waals surface area contributed by atoms with Gasteiger partial charge in [-0.25, -0.2) is 0 Å². The number of benzene rings is 1. The Morgan fingerprint density at radius 1 is 1.48 bits per heavy atom. The fourth-order valence-corrected chi connectivity index (χ4v) is 2.88. The number of rotatable bonds is 4. The van der Waals surface area contributed by atoms with E-state index in [2.05, 4.69) is 0 Å². The second-order valence-corrected chi connectivity index (χ2v) is 5.56. The first-order valence-corrected chi connectivity index (χ1v) is 7.34. The molecule has 8 heteroatoms. The largest absolute Gasteiger partial charge is 0.490 e. The van der Waals surface area contributed by atoms with Gasteiger partial charge in [-0.05, 0) is 32.3 Å². The maximum Gasteiger partial charge on any atom is 0.310 e. The highest BCUT2D eigenvalue weighted by atomic mass is 35.5. The summed E-state index contributed by atoms with van der Waals surface area (Å²) >= 11 is 0. The van der Waals surface area contributed by atoms with Crippen LogP contribution in [0.5, 0.6) is 5.75 Å². The predicted octanol–water partition coefficient (Wildman–Crippen LogP) is 2.37. The van der Waals surface area contributed by atoms with Crippen molar-refractivity contribution in [2.45, 2.75) is 38.3 Å². The number of halogens is 1. The van der Waals surface area contributed by atoms with Crippen molar-refractivity contribution in [3.05, 3.63) is 33.9 Å². The molecule has 128 valence electrons. The molecule has 1 aromatic rings. The summed E-state index contributed by atoms with van der Waals surface area (Å²) in [4.78, 5) is 24.9. The van der Waals surface area contributed by atoms with Gasteiger partial charge in [0.15, 0.2) is 5.75 Å². The lowest BCUT2D eigenvalue weighted by molar-refractivity contribution is -0.385.